The molecule has 2 aromatic carbocycles. The highest BCUT2D eigenvalue weighted by atomic mass is 16.5. The van der Waals surface area contributed by atoms with Crippen molar-refractivity contribution in [3.05, 3.63) is 59.7 Å². The fourth-order valence-electron chi connectivity index (χ4n) is 5.18. The number of fused-ring (bicyclic) bond motifs is 3. The van der Waals surface area contributed by atoms with Crippen LogP contribution in [-0.2, 0) is 14.3 Å². The molecular weight excluding hydrogens is 444 g/mol. The van der Waals surface area contributed by atoms with Crippen LogP contribution in [0, 0.1) is 16.7 Å². The number of ether oxygens (including phenoxy) is 1. The van der Waals surface area contributed by atoms with Crippen molar-refractivity contribution in [2.45, 2.75) is 46.6 Å². The minimum absolute atomic E-state index is 0.0763. The summed E-state index contributed by atoms with van der Waals surface area (Å²) in [4.78, 5) is 39.7. The molecule has 4 rings (SSSR count). The number of rotatable bonds is 5. The van der Waals surface area contributed by atoms with E-state index in [0.717, 1.165) is 22.3 Å². The number of aliphatic carboxylic acids is 1. The molecule has 186 valence electrons. The van der Waals surface area contributed by atoms with Crippen molar-refractivity contribution in [1.82, 2.24) is 10.2 Å². The van der Waals surface area contributed by atoms with Gasteiger partial charge >= 0.3 is 12.1 Å². The molecule has 1 fully saturated rings. The van der Waals surface area contributed by atoms with Gasteiger partial charge in [-0.15, -0.1) is 0 Å². The molecule has 1 heterocycles. The monoisotopic (exact) mass is 478 g/mol. The van der Waals surface area contributed by atoms with Crippen LogP contribution in [0.3, 0.4) is 0 Å². The normalized spacial score (nSPS) is 22.3. The van der Waals surface area contributed by atoms with Gasteiger partial charge in [-0.05, 0) is 40.5 Å². The van der Waals surface area contributed by atoms with Crippen LogP contribution >= 0.6 is 0 Å². The predicted molar refractivity (Wildman–Crippen MR) is 133 cm³/mol. The lowest BCUT2D eigenvalue weighted by Crippen LogP contribution is -2.54. The van der Waals surface area contributed by atoms with Gasteiger partial charge in [0.2, 0.25) is 5.91 Å². The fourth-order valence-corrected chi connectivity index (χ4v) is 5.18. The molecule has 2 N–H and O–H groups in total. The van der Waals surface area contributed by atoms with Crippen LogP contribution in [0.15, 0.2) is 48.5 Å². The summed E-state index contributed by atoms with van der Waals surface area (Å²) in [6, 6.07) is 15.4. The lowest BCUT2D eigenvalue weighted by molar-refractivity contribution is -0.149. The summed E-state index contributed by atoms with van der Waals surface area (Å²) in [6.45, 7) is 9.72. The first-order valence-electron chi connectivity index (χ1n) is 12.1. The van der Waals surface area contributed by atoms with Crippen LogP contribution in [0.1, 0.15) is 51.7 Å². The fraction of sp³-hybridized carbons (Fsp3) is 0.464. The Morgan fingerprint density at radius 1 is 1.09 bits per heavy atom. The van der Waals surface area contributed by atoms with E-state index in [1.807, 2.05) is 52.0 Å². The third-order valence-electron chi connectivity index (χ3n) is 7.62. The van der Waals surface area contributed by atoms with Crippen molar-refractivity contribution in [1.29, 1.82) is 0 Å². The number of likely N-dealkylation sites (tertiary alicyclic amines) is 1. The summed E-state index contributed by atoms with van der Waals surface area (Å²) in [5.41, 5.74) is 2.91. The molecule has 1 aliphatic carbocycles. The first-order valence-corrected chi connectivity index (χ1v) is 12.1. The van der Waals surface area contributed by atoms with Crippen LogP contribution in [0.4, 0.5) is 4.79 Å². The van der Waals surface area contributed by atoms with Crippen LogP contribution in [0.25, 0.3) is 11.1 Å². The Morgan fingerprint density at radius 3 is 2.11 bits per heavy atom. The van der Waals surface area contributed by atoms with Gasteiger partial charge in [0.05, 0.1) is 5.41 Å². The van der Waals surface area contributed by atoms with Gasteiger partial charge in [-0.3, -0.25) is 9.59 Å². The quantitative estimate of drug-likeness (QED) is 0.659. The number of carboxylic acid groups (broad SMARTS) is 1. The van der Waals surface area contributed by atoms with Crippen LogP contribution < -0.4 is 5.32 Å². The molecule has 1 saturated heterocycles. The Balaban J connectivity index is 1.46. The molecule has 2 unspecified atom stereocenters. The van der Waals surface area contributed by atoms with E-state index in [9.17, 15) is 19.5 Å². The van der Waals surface area contributed by atoms with E-state index in [4.69, 9.17) is 4.74 Å². The standard InChI is InChI=1S/C28H34N2O5/c1-17-14-30(16-28(17,5)25(32)33)24(31)23(27(2,3)4)29-26(34)35-15-22-20-12-8-6-10-18(20)19-11-7-9-13-21(19)22/h6-13,17,22-23H,14-16H2,1-5H3,(H,29,34)(H,32,33)/t17?,23-,28?/m1/s1. The Bertz CT molecular complexity index is 1110. The molecule has 0 saturated carbocycles. The maximum absolute atomic E-state index is 13.4. The zero-order valence-corrected chi connectivity index (χ0v) is 21.0. The number of hydrogen-bond donors (Lipinski definition) is 2. The molecule has 1 aliphatic heterocycles. The van der Waals surface area contributed by atoms with Crippen molar-refractivity contribution in [2.24, 2.45) is 16.7 Å². The summed E-state index contributed by atoms with van der Waals surface area (Å²) in [7, 11) is 0. The number of hydrogen-bond acceptors (Lipinski definition) is 4. The first kappa shape index (κ1) is 24.8. The second-order valence-electron chi connectivity index (χ2n) is 11.1. The molecular formula is C28H34N2O5. The first-order chi connectivity index (χ1) is 16.4. The minimum Gasteiger partial charge on any atom is -0.481 e. The predicted octanol–water partition coefficient (Wildman–Crippen LogP) is 4.51. The number of nitrogens with one attached hydrogen (secondary N) is 1. The molecule has 2 aliphatic rings. The van der Waals surface area contributed by atoms with Crippen molar-refractivity contribution < 1.29 is 24.2 Å². The molecule has 0 radical (unpaired) electrons. The summed E-state index contributed by atoms with van der Waals surface area (Å²) >= 11 is 0. The number of carbonyl (C=O) groups is 3. The lowest BCUT2D eigenvalue weighted by atomic mass is 9.81. The second-order valence-corrected chi connectivity index (χ2v) is 11.1. The summed E-state index contributed by atoms with van der Waals surface area (Å²) < 4.78 is 5.66. The van der Waals surface area contributed by atoms with Gasteiger partial charge < -0.3 is 20.1 Å². The second kappa shape index (κ2) is 9.02. The summed E-state index contributed by atoms with van der Waals surface area (Å²) in [5.74, 6) is -1.48. The van der Waals surface area contributed by atoms with Crippen molar-refractivity contribution in [3.63, 3.8) is 0 Å². The third-order valence-corrected chi connectivity index (χ3v) is 7.62. The van der Waals surface area contributed by atoms with Crippen LogP contribution in [0.2, 0.25) is 0 Å². The van der Waals surface area contributed by atoms with E-state index >= 15 is 0 Å². The van der Waals surface area contributed by atoms with E-state index in [1.165, 1.54) is 0 Å². The summed E-state index contributed by atoms with van der Waals surface area (Å²) in [6.07, 6.45) is -0.659. The Morgan fingerprint density at radius 2 is 1.63 bits per heavy atom. The Kier molecular flexibility index (Phi) is 6.38. The number of nitrogens with zero attached hydrogens (tertiary/aromatic N) is 1. The van der Waals surface area contributed by atoms with Gasteiger partial charge in [0, 0.05) is 19.0 Å². The van der Waals surface area contributed by atoms with Gasteiger partial charge in [-0.2, -0.15) is 0 Å². The number of alkyl carbamates (subject to hydrolysis) is 1. The highest BCUT2D eigenvalue weighted by Gasteiger charge is 2.50. The van der Waals surface area contributed by atoms with E-state index in [0.29, 0.717) is 6.54 Å². The average molecular weight is 479 g/mol. The zero-order chi connectivity index (χ0) is 25.5. The molecule has 2 aromatic rings. The maximum atomic E-state index is 13.4. The molecule has 0 bridgehead atoms. The molecule has 0 aromatic heterocycles. The number of benzene rings is 2. The van der Waals surface area contributed by atoms with Gasteiger partial charge in [0.25, 0.3) is 0 Å². The number of carbonyl (C=O) groups excluding carboxylic acids is 2. The Labute approximate surface area is 206 Å². The highest BCUT2D eigenvalue weighted by Crippen LogP contribution is 2.44. The molecule has 7 nitrogen and oxygen atoms in total. The number of carboxylic acids is 1. The SMILES string of the molecule is CC1CN(C(=O)[C@@H](NC(=O)OCC2c3ccccc3-c3ccccc32)C(C)(C)C)CC1(C)C(=O)O. The van der Waals surface area contributed by atoms with Crippen LogP contribution in [0.5, 0.6) is 0 Å². The van der Waals surface area contributed by atoms with Crippen molar-refractivity contribution >= 4 is 18.0 Å². The van der Waals surface area contributed by atoms with E-state index < -0.39 is 28.9 Å². The van der Waals surface area contributed by atoms with Gasteiger partial charge in [0.15, 0.2) is 0 Å². The average Bonchev–Trinajstić information content (AvgIpc) is 3.30. The zero-order valence-electron chi connectivity index (χ0n) is 21.0. The molecule has 35 heavy (non-hydrogen) atoms. The topological polar surface area (TPSA) is 95.9 Å². The smallest absolute Gasteiger partial charge is 0.407 e. The molecule has 2 amide bonds. The van der Waals surface area contributed by atoms with Crippen molar-refractivity contribution in [3.8, 4) is 11.1 Å². The highest BCUT2D eigenvalue weighted by molar-refractivity contribution is 5.88. The Hall–Kier alpha value is -3.35. The molecule has 3 atom stereocenters. The van der Waals surface area contributed by atoms with Crippen molar-refractivity contribution in [2.75, 3.05) is 19.7 Å². The van der Waals surface area contributed by atoms with E-state index in [2.05, 4.69) is 29.6 Å². The maximum Gasteiger partial charge on any atom is 0.407 e. The van der Waals surface area contributed by atoms with Crippen LogP contribution in [-0.4, -0.2) is 53.7 Å². The lowest BCUT2D eigenvalue weighted by Gasteiger charge is -2.33. The van der Waals surface area contributed by atoms with Gasteiger partial charge in [-0.1, -0.05) is 76.2 Å². The van der Waals surface area contributed by atoms with Gasteiger partial charge in [0.1, 0.15) is 12.6 Å². The van der Waals surface area contributed by atoms with Gasteiger partial charge in [-0.25, -0.2) is 4.79 Å². The third kappa shape index (κ3) is 4.51. The molecule has 0 spiro atoms. The van der Waals surface area contributed by atoms with E-state index in [-0.39, 0.29) is 30.9 Å². The minimum atomic E-state index is -1.01. The van der Waals surface area contributed by atoms with E-state index in [1.54, 1.807) is 11.8 Å². The largest absolute Gasteiger partial charge is 0.481 e. The number of amides is 2. The summed E-state index contributed by atoms with van der Waals surface area (Å²) in [5, 5.41) is 12.4. The molecule has 7 heteroatoms.